The van der Waals surface area contributed by atoms with Crippen LogP contribution >= 0.6 is 11.6 Å². The van der Waals surface area contributed by atoms with E-state index in [9.17, 15) is 70.7 Å². The third kappa shape index (κ3) is 3.53. The van der Waals surface area contributed by atoms with Crippen LogP contribution in [0.4, 0.5) is 65.9 Å². The number of carbonyl (C=O) groups is 1. The highest BCUT2D eigenvalue weighted by Crippen LogP contribution is 2.62. The zero-order valence-electron chi connectivity index (χ0n) is 12.3. The molecule has 0 aromatic heterocycles. The van der Waals surface area contributed by atoms with E-state index in [0.717, 1.165) is 0 Å². The first-order valence-electron chi connectivity index (χ1n) is 6.05. The topological polar surface area (TPSA) is 26.3 Å². The molecule has 0 aliphatic carbocycles. The predicted molar refractivity (Wildman–Crippen MR) is 57.4 cm³/mol. The fourth-order valence-corrected chi connectivity index (χ4v) is 1.39. The Labute approximate surface area is 148 Å². The van der Waals surface area contributed by atoms with Crippen LogP contribution in [-0.4, -0.2) is 60.2 Å². The Kier molecular flexibility index (Phi) is 6.86. The van der Waals surface area contributed by atoms with Gasteiger partial charge in [0.15, 0.2) is 0 Å². The predicted octanol–water partition coefficient (Wildman–Crippen LogP) is 5.14. The van der Waals surface area contributed by atoms with E-state index in [1.165, 1.54) is 0 Å². The van der Waals surface area contributed by atoms with Gasteiger partial charge in [0.2, 0.25) is 0 Å². The minimum absolute atomic E-state index is 0.935. The van der Waals surface area contributed by atoms with Crippen LogP contribution in [0.5, 0.6) is 0 Å². The minimum Gasteiger partial charge on any atom is -0.460 e. The lowest BCUT2D eigenvalue weighted by molar-refractivity contribution is -0.450. The van der Waals surface area contributed by atoms with Crippen molar-refractivity contribution < 1.29 is 75.4 Å². The molecule has 2 nitrogen and oxygen atoms in total. The molecule has 0 aromatic rings. The van der Waals surface area contributed by atoms with Gasteiger partial charge in [-0.3, -0.25) is 0 Å². The van der Waals surface area contributed by atoms with Crippen molar-refractivity contribution in [3.63, 3.8) is 0 Å². The van der Waals surface area contributed by atoms with Crippen LogP contribution in [0.1, 0.15) is 0 Å². The molecule has 28 heavy (non-hydrogen) atoms. The van der Waals surface area contributed by atoms with Crippen LogP contribution in [0.3, 0.4) is 0 Å². The molecule has 0 amide bonds. The van der Waals surface area contributed by atoms with Gasteiger partial charge < -0.3 is 4.74 Å². The first kappa shape index (κ1) is 26.7. The third-order valence-corrected chi connectivity index (χ3v) is 3.05. The highest BCUT2D eigenvalue weighted by atomic mass is 35.5. The fraction of sp³-hybridized carbons (Fsp3) is 0.900. The molecule has 168 valence electrons. The first-order chi connectivity index (χ1) is 12.0. The summed E-state index contributed by atoms with van der Waals surface area (Å²) in [6.07, 6.45) is -7.69. The molecule has 0 N–H and O–H groups in total. The average molecular weight is 477 g/mol. The van der Waals surface area contributed by atoms with E-state index in [-0.39, 0.29) is 0 Å². The Morgan fingerprint density at radius 3 is 1.25 bits per heavy atom. The van der Waals surface area contributed by atoms with Gasteiger partial charge in [0.05, 0.1) is 5.88 Å². The summed E-state index contributed by atoms with van der Waals surface area (Å²) in [6, 6.07) is 0. The molecule has 0 atom stereocenters. The second-order valence-electron chi connectivity index (χ2n) is 4.77. The highest BCUT2D eigenvalue weighted by molar-refractivity contribution is 6.18. The van der Waals surface area contributed by atoms with Gasteiger partial charge in [-0.15, -0.1) is 11.6 Å². The van der Waals surface area contributed by atoms with Crippen molar-refractivity contribution in [3.8, 4) is 0 Å². The summed E-state index contributed by atoms with van der Waals surface area (Å²) in [5.74, 6) is -52.8. The van der Waals surface area contributed by atoms with Crippen molar-refractivity contribution in [1.82, 2.24) is 0 Å². The normalized spacial score (nSPS) is 15.6. The lowest BCUT2D eigenvalue weighted by Gasteiger charge is -2.40. The molecule has 0 saturated heterocycles. The molecule has 0 spiro atoms. The van der Waals surface area contributed by atoms with Crippen LogP contribution < -0.4 is 0 Å². The zero-order chi connectivity index (χ0) is 23.2. The van der Waals surface area contributed by atoms with Crippen molar-refractivity contribution >= 4 is 17.6 Å². The fourth-order valence-electron chi connectivity index (χ4n) is 1.32. The second kappa shape index (κ2) is 7.19. The quantitative estimate of drug-likeness (QED) is 0.275. The summed E-state index contributed by atoms with van der Waals surface area (Å²) < 4.78 is 195. The molecule has 0 aromatic carbocycles. The van der Waals surface area contributed by atoms with Crippen molar-refractivity contribution in [1.29, 1.82) is 0 Å². The Hall–Kier alpha value is -1.29. The maximum Gasteiger partial charge on any atom is 0.460 e. The Balaban J connectivity index is 6.43. The van der Waals surface area contributed by atoms with Gasteiger partial charge in [-0.05, 0) is 0 Å². The molecule has 0 rings (SSSR count). The van der Waals surface area contributed by atoms with Gasteiger partial charge in [0.25, 0.3) is 0 Å². The molecule has 0 bridgehead atoms. The maximum absolute atomic E-state index is 13.2. The van der Waals surface area contributed by atoms with Crippen LogP contribution in [-0.2, 0) is 9.53 Å². The number of rotatable bonds is 8. The third-order valence-electron chi connectivity index (χ3n) is 2.89. The molecular formula is C10H4ClF15O2. The summed E-state index contributed by atoms with van der Waals surface area (Å²) >= 11 is 4.76. The largest absolute Gasteiger partial charge is 0.460 e. The molecule has 0 radical (unpaired) electrons. The van der Waals surface area contributed by atoms with E-state index in [4.69, 9.17) is 11.6 Å². The number of alkyl halides is 16. The van der Waals surface area contributed by atoms with Crippen LogP contribution in [0.15, 0.2) is 0 Å². The monoisotopic (exact) mass is 476 g/mol. The Morgan fingerprint density at radius 2 is 0.929 bits per heavy atom. The summed E-state index contributed by atoms with van der Waals surface area (Å²) in [6.45, 7) is -1.41. The van der Waals surface area contributed by atoms with E-state index < -0.39 is 60.2 Å². The molecule has 0 fully saturated rings. The van der Waals surface area contributed by atoms with Gasteiger partial charge in [0.1, 0.15) is 6.61 Å². The number of hydrogen-bond donors (Lipinski definition) is 0. The van der Waals surface area contributed by atoms with Gasteiger partial charge in [-0.2, -0.15) is 65.9 Å². The smallest absolute Gasteiger partial charge is 0.460 e. The average Bonchev–Trinajstić information content (AvgIpc) is 2.50. The molecule has 0 heterocycles. The number of ether oxygens (including phenoxy) is 1. The summed E-state index contributed by atoms with van der Waals surface area (Å²) in [5, 5.41) is 0. The SMILES string of the molecule is O=C(OCCCl)C(F)(F)C(F)(F)C(F)(F)C(F)(F)C(F)(F)C(F)(F)C(F)(F)F. The van der Waals surface area contributed by atoms with Crippen molar-refractivity contribution in [2.45, 2.75) is 41.7 Å². The molecule has 18 heteroatoms. The Morgan fingerprint density at radius 1 is 0.607 bits per heavy atom. The molecule has 0 aliphatic heterocycles. The highest BCUT2D eigenvalue weighted by Gasteiger charge is 2.94. The molecule has 0 aliphatic rings. The molecule has 0 saturated carbocycles. The molecule has 0 unspecified atom stereocenters. The van der Waals surface area contributed by atoms with Gasteiger partial charge >= 0.3 is 47.7 Å². The van der Waals surface area contributed by atoms with Gasteiger partial charge in [-0.1, -0.05) is 0 Å². The van der Waals surface area contributed by atoms with Crippen LogP contribution in [0.25, 0.3) is 0 Å². The summed E-state index contributed by atoms with van der Waals surface area (Å²) in [7, 11) is 0. The first-order valence-corrected chi connectivity index (χ1v) is 6.58. The van der Waals surface area contributed by atoms with Crippen molar-refractivity contribution in [2.75, 3.05) is 12.5 Å². The van der Waals surface area contributed by atoms with E-state index in [1.807, 2.05) is 0 Å². The summed E-state index contributed by atoms with van der Waals surface area (Å²) in [4.78, 5) is 10.6. The zero-order valence-corrected chi connectivity index (χ0v) is 13.0. The second-order valence-corrected chi connectivity index (χ2v) is 5.15. The summed E-state index contributed by atoms with van der Waals surface area (Å²) in [5.41, 5.74) is 0. The lowest BCUT2D eigenvalue weighted by Crippen LogP contribution is -2.73. The number of esters is 1. The van der Waals surface area contributed by atoms with E-state index in [2.05, 4.69) is 4.74 Å². The van der Waals surface area contributed by atoms with E-state index >= 15 is 0 Å². The number of hydrogen-bond acceptors (Lipinski definition) is 2. The number of carbonyl (C=O) groups excluding carboxylic acids is 1. The van der Waals surface area contributed by atoms with Crippen molar-refractivity contribution in [3.05, 3.63) is 0 Å². The standard InChI is InChI=1S/C10H4ClF15O2/c11-1-2-28-3(27)4(12,13)5(14,15)6(16,17)7(18,19)8(20,21)9(22,23)10(24,25)26/h1-2H2. The minimum atomic E-state index is -8.45. The van der Waals surface area contributed by atoms with E-state index in [1.54, 1.807) is 0 Å². The van der Waals surface area contributed by atoms with Gasteiger partial charge in [0, 0.05) is 0 Å². The number of halogens is 16. The van der Waals surface area contributed by atoms with Gasteiger partial charge in [-0.25, -0.2) is 4.79 Å². The molecular weight excluding hydrogens is 473 g/mol. The van der Waals surface area contributed by atoms with Crippen LogP contribution in [0, 0.1) is 0 Å². The Bertz CT molecular complexity index is 582. The lowest BCUT2D eigenvalue weighted by atomic mass is 9.91. The van der Waals surface area contributed by atoms with Crippen molar-refractivity contribution in [2.24, 2.45) is 0 Å². The van der Waals surface area contributed by atoms with E-state index in [0.29, 0.717) is 0 Å². The maximum atomic E-state index is 13.2. The van der Waals surface area contributed by atoms with Crippen LogP contribution in [0.2, 0.25) is 0 Å².